The van der Waals surface area contributed by atoms with E-state index in [-0.39, 0.29) is 10.8 Å². The molecular formula is C54H43N. The van der Waals surface area contributed by atoms with E-state index in [1.807, 2.05) is 0 Å². The van der Waals surface area contributed by atoms with Crippen LogP contribution < -0.4 is 4.90 Å². The van der Waals surface area contributed by atoms with Crippen molar-refractivity contribution in [3.63, 3.8) is 0 Å². The second kappa shape index (κ2) is 12.6. The molecule has 2 aliphatic rings. The highest BCUT2D eigenvalue weighted by Gasteiger charge is 2.49. The van der Waals surface area contributed by atoms with Crippen LogP contribution in [0.15, 0.2) is 176 Å². The lowest BCUT2D eigenvalue weighted by Gasteiger charge is -2.28. The molecule has 0 radical (unpaired) electrons. The van der Waals surface area contributed by atoms with Crippen molar-refractivity contribution >= 4 is 61.9 Å². The molecule has 0 amide bonds. The van der Waals surface area contributed by atoms with Crippen molar-refractivity contribution in [3.05, 3.63) is 209 Å². The first-order valence-electron chi connectivity index (χ1n) is 19.4. The number of hydrogen-bond donors (Lipinski definition) is 0. The van der Waals surface area contributed by atoms with Crippen LogP contribution in [0, 0.1) is 0 Å². The van der Waals surface area contributed by atoms with Gasteiger partial charge in [0.2, 0.25) is 0 Å². The Bertz CT molecular complexity index is 2850. The van der Waals surface area contributed by atoms with Gasteiger partial charge in [-0.3, -0.25) is 0 Å². The molecule has 0 saturated carbocycles. The zero-order valence-corrected chi connectivity index (χ0v) is 31.8. The Morgan fingerprint density at radius 2 is 0.982 bits per heavy atom. The average Bonchev–Trinajstić information content (AvgIpc) is 3.61. The molecule has 0 spiro atoms. The number of hydrogen-bond acceptors (Lipinski definition) is 1. The molecule has 0 atom stereocenters. The molecule has 0 unspecified atom stereocenters. The van der Waals surface area contributed by atoms with E-state index in [1.54, 1.807) is 0 Å². The van der Waals surface area contributed by atoms with E-state index < -0.39 is 0 Å². The molecule has 264 valence electrons. The number of nitrogens with zero attached hydrogens (tertiary/aromatic N) is 1. The summed E-state index contributed by atoms with van der Waals surface area (Å²) in [5.41, 5.74) is 16.9. The summed E-state index contributed by atoms with van der Waals surface area (Å²) in [5, 5.41) is 4.91. The second-order valence-corrected chi connectivity index (χ2v) is 16.2. The van der Waals surface area contributed by atoms with E-state index in [0.29, 0.717) is 0 Å². The molecule has 0 fully saturated rings. The second-order valence-electron chi connectivity index (χ2n) is 16.2. The quantitative estimate of drug-likeness (QED) is 0.156. The fraction of sp³-hybridized carbons (Fsp3) is 0.111. The molecule has 10 rings (SSSR count). The molecule has 8 aromatic carbocycles. The summed E-state index contributed by atoms with van der Waals surface area (Å²) in [6, 6.07) is 64.5. The van der Waals surface area contributed by atoms with Gasteiger partial charge in [0.15, 0.2) is 0 Å². The van der Waals surface area contributed by atoms with Crippen molar-refractivity contribution in [1.82, 2.24) is 0 Å². The Kier molecular flexibility index (Phi) is 7.58. The van der Waals surface area contributed by atoms with Gasteiger partial charge in [0.25, 0.3) is 0 Å². The molecule has 1 heteroatoms. The van der Waals surface area contributed by atoms with Gasteiger partial charge in [-0.1, -0.05) is 173 Å². The van der Waals surface area contributed by atoms with Gasteiger partial charge in [0.1, 0.15) is 0 Å². The molecule has 0 aromatic heterocycles. The van der Waals surface area contributed by atoms with Crippen molar-refractivity contribution in [3.8, 4) is 11.1 Å². The van der Waals surface area contributed by atoms with Crippen LogP contribution in [0.1, 0.15) is 61.1 Å². The van der Waals surface area contributed by atoms with Crippen LogP contribution in [-0.2, 0) is 10.8 Å². The highest BCUT2D eigenvalue weighted by molar-refractivity contribution is 6.10. The highest BCUT2D eigenvalue weighted by atomic mass is 15.1. The van der Waals surface area contributed by atoms with Crippen LogP contribution >= 0.6 is 0 Å². The first-order chi connectivity index (χ1) is 26.8. The predicted octanol–water partition coefficient (Wildman–Crippen LogP) is 14.8. The normalized spacial score (nSPS) is 15.1. The molecule has 8 aromatic rings. The summed E-state index contributed by atoms with van der Waals surface area (Å²) in [5.74, 6) is 0. The Labute approximate surface area is 324 Å². The fourth-order valence-electron chi connectivity index (χ4n) is 9.42. The van der Waals surface area contributed by atoms with Crippen LogP contribution in [0.3, 0.4) is 0 Å². The Morgan fingerprint density at radius 1 is 0.400 bits per heavy atom. The van der Waals surface area contributed by atoms with Crippen LogP contribution in [-0.4, -0.2) is 0 Å². The third kappa shape index (κ3) is 5.37. The number of fused-ring (bicyclic) bond motifs is 6. The van der Waals surface area contributed by atoms with Gasteiger partial charge in [-0.05, 0) is 114 Å². The van der Waals surface area contributed by atoms with Gasteiger partial charge in [-0.2, -0.15) is 0 Å². The molecule has 0 aliphatic heterocycles. The molecule has 2 aliphatic carbocycles. The van der Waals surface area contributed by atoms with Crippen molar-refractivity contribution in [2.75, 3.05) is 4.90 Å². The third-order valence-electron chi connectivity index (χ3n) is 12.2. The lowest BCUT2D eigenvalue weighted by atomic mass is 9.75. The number of para-hydroxylation sites is 1. The highest BCUT2D eigenvalue weighted by Crippen LogP contribution is 2.62. The summed E-state index contributed by atoms with van der Waals surface area (Å²) in [6.07, 6.45) is 4.53. The minimum Gasteiger partial charge on any atom is -0.310 e. The smallest absolute Gasteiger partial charge is 0.0540 e. The number of allylic oxidation sites excluding steroid dienone is 2. The minimum absolute atomic E-state index is 0.0761. The molecule has 0 N–H and O–H groups in total. The van der Waals surface area contributed by atoms with Gasteiger partial charge in [0.05, 0.1) is 5.69 Å². The molecular weight excluding hydrogens is 663 g/mol. The standard InChI is InChI=1S/C54H43N/c1-53(2)48-33-37(25-30-46(48)51-52(53)47-31-28-42(35-49(47)54(51,3)4)38-14-7-5-8-15-38)23-22-36-24-26-41-34-44(29-27-40(41)32-36)55(43-18-9-6-10-19-43)50-21-13-17-39-16-11-12-20-45(39)50/h5-35H,1-4H3/b23-22+. The summed E-state index contributed by atoms with van der Waals surface area (Å²) >= 11 is 0. The summed E-state index contributed by atoms with van der Waals surface area (Å²) in [4.78, 5) is 2.37. The number of benzene rings is 8. The third-order valence-corrected chi connectivity index (χ3v) is 12.2. The summed E-state index contributed by atoms with van der Waals surface area (Å²) in [7, 11) is 0. The average molecular weight is 706 g/mol. The number of anilines is 3. The van der Waals surface area contributed by atoms with E-state index in [2.05, 4.69) is 221 Å². The van der Waals surface area contributed by atoms with Gasteiger partial charge in [0, 0.05) is 27.6 Å². The van der Waals surface area contributed by atoms with Crippen molar-refractivity contribution in [2.24, 2.45) is 0 Å². The molecule has 1 nitrogen and oxygen atoms in total. The maximum atomic E-state index is 2.44. The predicted molar refractivity (Wildman–Crippen MR) is 236 cm³/mol. The first-order valence-corrected chi connectivity index (χ1v) is 19.4. The SMILES string of the molecule is CC1(C)C2=C(c3ccc(/C=C/c4ccc5cc(N(c6ccccc6)c6cccc7ccccc67)ccc5c4)cc31)C(C)(C)c1cc(-c3ccccc3)ccc12. The van der Waals surface area contributed by atoms with E-state index in [1.165, 1.54) is 82.9 Å². The maximum Gasteiger partial charge on any atom is 0.0540 e. The van der Waals surface area contributed by atoms with Crippen LogP contribution in [0.2, 0.25) is 0 Å². The van der Waals surface area contributed by atoms with Crippen molar-refractivity contribution < 1.29 is 0 Å². The zero-order valence-electron chi connectivity index (χ0n) is 31.8. The molecule has 0 heterocycles. The fourth-order valence-corrected chi connectivity index (χ4v) is 9.42. The summed E-state index contributed by atoms with van der Waals surface area (Å²) < 4.78 is 0. The lowest BCUT2D eigenvalue weighted by Crippen LogP contribution is -2.19. The van der Waals surface area contributed by atoms with Crippen LogP contribution in [0.4, 0.5) is 17.1 Å². The Balaban J connectivity index is 0.951. The lowest BCUT2D eigenvalue weighted by molar-refractivity contribution is 0.694. The van der Waals surface area contributed by atoms with Gasteiger partial charge in [-0.25, -0.2) is 0 Å². The van der Waals surface area contributed by atoms with Gasteiger partial charge < -0.3 is 4.90 Å². The van der Waals surface area contributed by atoms with E-state index in [0.717, 1.165) is 11.4 Å². The number of rotatable bonds is 6. The summed E-state index contributed by atoms with van der Waals surface area (Å²) in [6.45, 7) is 9.64. The molecule has 0 bridgehead atoms. The zero-order chi connectivity index (χ0) is 37.3. The van der Waals surface area contributed by atoms with Crippen molar-refractivity contribution in [1.29, 1.82) is 0 Å². The largest absolute Gasteiger partial charge is 0.310 e. The Morgan fingerprint density at radius 3 is 1.75 bits per heavy atom. The van der Waals surface area contributed by atoms with Crippen LogP contribution in [0.5, 0.6) is 0 Å². The maximum absolute atomic E-state index is 2.44. The molecule has 0 saturated heterocycles. The monoisotopic (exact) mass is 705 g/mol. The van der Waals surface area contributed by atoms with E-state index in [9.17, 15) is 0 Å². The first kappa shape index (κ1) is 33.2. The van der Waals surface area contributed by atoms with Crippen LogP contribution in [0.25, 0.3) is 56.0 Å². The van der Waals surface area contributed by atoms with Gasteiger partial charge >= 0.3 is 0 Å². The molecule has 55 heavy (non-hydrogen) atoms. The van der Waals surface area contributed by atoms with Gasteiger partial charge in [-0.15, -0.1) is 0 Å². The minimum atomic E-state index is -0.0916. The topological polar surface area (TPSA) is 3.24 Å². The van der Waals surface area contributed by atoms with Crippen molar-refractivity contribution in [2.45, 2.75) is 38.5 Å². The van der Waals surface area contributed by atoms with E-state index in [4.69, 9.17) is 0 Å². The Hall–Kier alpha value is -6.44. The van der Waals surface area contributed by atoms with E-state index >= 15 is 0 Å².